The van der Waals surface area contributed by atoms with Crippen molar-refractivity contribution in [3.05, 3.63) is 22.7 Å². The third kappa shape index (κ3) is 2.61. The maximum Gasteiger partial charge on any atom is 0.235 e. The van der Waals surface area contributed by atoms with Gasteiger partial charge in [-0.3, -0.25) is 0 Å². The summed E-state index contributed by atoms with van der Waals surface area (Å²) in [5.41, 5.74) is 2.30. The molecule has 5 heteroatoms. The summed E-state index contributed by atoms with van der Waals surface area (Å²) < 4.78 is 8.66. The van der Waals surface area contributed by atoms with Gasteiger partial charge in [0.15, 0.2) is 6.54 Å². The SMILES string of the molecule is COc1cc2sc(C)[n+](CCO)c2cc1C.[Br-]. The lowest BCUT2D eigenvalue weighted by Crippen LogP contribution is -3.00. The first-order valence-electron chi connectivity index (χ1n) is 5.25. The zero-order chi connectivity index (χ0) is 11.7. The van der Waals surface area contributed by atoms with Crippen LogP contribution in [0.4, 0.5) is 0 Å². The normalized spacial score (nSPS) is 10.4. The first-order chi connectivity index (χ1) is 7.67. The molecule has 0 amide bonds. The van der Waals surface area contributed by atoms with Crippen LogP contribution >= 0.6 is 11.3 Å². The van der Waals surface area contributed by atoms with Crippen LogP contribution in [0.5, 0.6) is 5.75 Å². The van der Waals surface area contributed by atoms with Crippen LogP contribution in [0.3, 0.4) is 0 Å². The van der Waals surface area contributed by atoms with Crippen LogP contribution < -0.4 is 26.3 Å². The molecule has 0 saturated heterocycles. The molecule has 0 radical (unpaired) electrons. The predicted octanol–water partition coefficient (Wildman–Crippen LogP) is -1.19. The Morgan fingerprint density at radius 1 is 1.35 bits per heavy atom. The number of hydrogen-bond donors (Lipinski definition) is 1. The van der Waals surface area contributed by atoms with Gasteiger partial charge in [-0.2, -0.15) is 4.57 Å². The summed E-state index contributed by atoms with van der Waals surface area (Å²) in [6.07, 6.45) is 0. The highest BCUT2D eigenvalue weighted by Crippen LogP contribution is 2.28. The molecule has 0 unspecified atom stereocenters. The Labute approximate surface area is 115 Å². The molecule has 94 valence electrons. The number of benzene rings is 1. The van der Waals surface area contributed by atoms with Gasteiger partial charge in [-0.25, -0.2) is 0 Å². The van der Waals surface area contributed by atoms with E-state index in [4.69, 9.17) is 9.84 Å². The highest BCUT2D eigenvalue weighted by atomic mass is 79.9. The summed E-state index contributed by atoms with van der Waals surface area (Å²) in [5, 5.41) is 10.3. The summed E-state index contributed by atoms with van der Waals surface area (Å²) in [7, 11) is 1.69. The molecule has 2 aromatic rings. The zero-order valence-corrected chi connectivity index (χ0v) is 12.6. The van der Waals surface area contributed by atoms with E-state index in [1.54, 1.807) is 18.4 Å². The topological polar surface area (TPSA) is 33.3 Å². The van der Waals surface area contributed by atoms with E-state index in [0.717, 1.165) is 11.3 Å². The van der Waals surface area contributed by atoms with E-state index >= 15 is 0 Å². The van der Waals surface area contributed by atoms with Crippen molar-refractivity contribution in [3.8, 4) is 5.75 Å². The van der Waals surface area contributed by atoms with Crippen LogP contribution in [0, 0.1) is 13.8 Å². The monoisotopic (exact) mass is 317 g/mol. The Bertz CT molecular complexity index is 525. The number of methoxy groups -OCH3 is 1. The van der Waals surface area contributed by atoms with Crippen LogP contribution in [0.2, 0.25) is 0 Å². The molecule has 2 rings (SSSR count). The summed E-state index contributed by atoms with van der Waals surface area (Å²) in [5.74, 6) is 0.921. The molecule has 3 nitrogen and oxygen atoms in total. The van der Waals surface area contributed by atoms with Gasteiger partial charge in [-0.05, 0) is 12.5 Å². The summed E-state index contributed by atoms with van der Waals surface area (Å²) in [4.78, 5) is 0. The van der Waals surface area contributed by atoms with Gasteiger partial charge in [0.2, 0.25) is 10.5 Å². The highest BCUT2D eigenvalue weighted by molar-refractivity contribution is 7.18. The van der Waals surface area contributed by atoms with E-state index in [-0.39, 0.29) is 23.6 Å². The van der Waals surface area contributed by atoms with Crippen molar-refractivity contribution in [2.75, 3.05) is 13.7 Å². The minimum absolute atomic E-state index is 0. The van der Waals surface area contributed by atoms with Crippen molar-refractivity contribution in [2.45, 2.75) is 20.4 Å². The lowest BCUT2D eigenvalue weighted by atomic mass is 10.2. The molecule has 0 aliphatic carbocycles. The number of halogens is 1. The van der Waals surface area contributed by atoms with Gasteiger partial charge in [-0.15, -0.1) is 0 Å². The molecule has 0 aliphatic rings. The van der Waals surface area contributed by atoms with Gasteiger partial charge < -0.3 is 26.8 Å². The minimum atomic E-state index is 0. The molecule has 1 heterocycles. The number of aryl methyl sites for hydroxylation is 2. The van der Waals surface area contributed by atoms with Crippen molar-refractivity contribution in [3.63, 3.8) is 0 Å². The molecule has 0 fully saturated rings. The summed E-state index contributed by atoms with van der Waals surface area (Å²) >= 11 is 1.73. The second kappa shape index (κ2) is 5.80. The molecule has 1 N–H and O–H groups in total. The van der Waals surface area contributed by atoms with Crippen LogP contribution in [-0.2, 0) is 6.54 Å². The Morgan fingerprint density at radius 3 is 2.65 bits per heavy atom. The van der Waals surface area contributed by atoms with E-state index < -0.39 is 0 Å². The van der Waals surface area contributed by atoms with Gasteiger partial charge in [-0.1, -0.05) is 11.3 Å². The predicted molar refractivity (Wildman–Crippen MR) is 65.1 cm³/mol. The number of hydrogen-bond acceptors (Lipinski definition) is 3. The first-order valence-corrected chi connectivity index (χ1v) is 6.07. The molecule has 1 aromatic heterocycles. The fourth-order valence-corrected chi connectivity index (χ4v) is 2.99. The standard InChI is InChI=1S/C12H16NO2S.BrH/c1-8-6-10-12(7-11(8)15-3)16-9(2)13(10)4-5-14;/h6-7,14H,4-5H2,1-3H3;1H/q+1;/p-1. The second-order valence-corrected chi connectivity index (χ2v) is 5.02. The molecular formula is C12H16BrNO2S. The number of aliphatic hydroxyl groups is 1. The summed E-state index contributed by atoms with van der Waals surface area (Å²) in [6.45, 7) is 4.93. The molecule has 0 spiro atoms. The molecule has 0 aliphatic heterocycles. The van der Waals surface area contributed by atoms with Crippen LogP contribution in [0.25, 0.3) is 10.2 Å². The fraction of sp³-hybridized carbons (Fsp3) is 0.417. The maximum atomic E-state index is 9.05. The molecule has 1 aromatic carbocycles. The second-order valence-electron chi connectivity index (χ2n) is 3.79. The Kier molecular flexibility index (Phi) is 4.91. The fourth-order valence-electron chi connectivity index (χ4n) is 1.93. The minimum Gasteiger partial charge on any atom is -1.00 e. The van der Waals surface area contributed by atoms with Crippen molar-refractivity contribution in [1.29, 1.82) is 0 Å². The van der Waals surface area contributed by atoms with Gasteiger partial charge in [0, 0.05) is 19.1 Å². The Balaban J connectivity index is 0.00000144. The molecule has 0 atom stereocenters. The zero-order valence-electron chi connectivity index (χ0n) is 10.2. The van der Waals surface area contributed by atoms with Crippen LogP contribution in [0.1, 0.15) is 10.6 Å². The van der Waals surface area contributed by atoms with Gasteiger partial charge >= 0.3 is 0 Å². The molecule has 0 bridgehead atoms. The van der Waals surface area contributed by atoms with Crippen LogP contribution in [-0.4, -0.2) is 18.8 Å². The molecule has 17 heavy (non-hydrogen) atoms. The molecular weight excluding hydrogens is 302 g/mol. The maximum absolute atomic E-state index is 9.05. The number of thiazole rings is 1. The van der Waals surface area contributed by atoms with Gasteiger partial charge in [0.05, 0.1) is 7.11 Å². The number of aromatic nitrogens is 1. The first kappa shape index (κ1) is 14.4. The largest absolute Gasteiger partial charge is 1.00 e. The average molecular weight is 318 g/mol. The molecule has 0 saturated carbocycles. The Hall–Kier alpha value is -0.650. The van der Waals surface area contributed by atoms with Crippen molar-refractivity contribution >= 4 is 21.6 Å². The number of nitrogens with zero attached hydrogens (tertiary/aromatic N) is 1. The number of ether oxygens (including phenoxy) is 1. The van der Waals surface area contributed by atoms with E-state index in [9.17, 15) is 0 Å². The van der Waals surface area contributed by atoms with E-state index in [1.807, 2.05) is 6.92 Å². The van der Waals surface area contributed by atoms with Crippen molar-refractivity contribution in [1.82, 2.24) is 0 Å². The Morgan fingerprint density at radius 2 is 2.06 bits per heavy atom. The van der Waals surface area contributed by atoms with E-state index in [2.05, 4.69) is 23.6 Å². The smallest absolute Gasteiger partial charge is 0.235 e. The lowest BCUT2D eigenvalue weighted by Gasteiger charge is -2.02. The van der Waals surface area contributed by atoms with E-state index in [1.165, 1.54) is 15.2 Å². The van der Waals surface area contributed by atoms with Crippen molar-refractivity contribution in [2.24, 2.45) is 0 Å². The van der Waals surface area contributed by atoms with E-state index in [0.29, 0.717) is 6.54 Å². The quantitative estimate of drug-likeness (QED) is 0.722. The number of aliphatic hydroxyl groups excluding tert-OH is 1. The van der Waals surface area contributed by atoms with Crippen molar-refractivity contribution < 1.29 is 31.4 Å². The average Bonchev–Trinajstić information content (AvgIpc) is 2.55. The van der Waals surface area contributed by atoms with Crippen LogP contribution in [0.15, 0.2) is 12.1 Å². The van der Waals surface area contributed by atoms with Gasteiger partial charge in [0.25, 0.3) is 0 Å². The lowest BCUT2D eigenvalue weighted by molar-refractivity contribution is -0.674. The number of rotatable bonds is 3. The highest BCUT2D eigenvalue weighted by Gasteiger charge is 2.18. The third-order valence-electron chi connectivity index (χ3n) is 2.73. The summed E-state index contributed by atoms with van der Waals surface area (Å²) in [6, 6.07) is 4.18. The van der Waals surface area contributed by atoms with Gasteiger partial charge in [0.1, 0.15) is 17.1 Å². The number of fused-ring (bicyclic) bond motifs is 1. The third-order valence-corrected chi connectivity index (χ3v) is 3.79.